The molecule has 1 saturated heterocycles. The Morgan fingerprint density at radius 2 is 1.94 bits per heavy atom. The SMILES string of the molecule is Cn1nc(C(=O)NCc2ccc(C#N)cc2)c2c1C(=O)N(CC1(S(=O)(=O)C3(CO)COC3)CC1)CC2. The van der Waals surface area contributed by atoms with Gasteiger partial charge in [-0.3, -0.25) is 14.3 Å². The second-order valence-corrected chi connectivity index (χ2v) is 12.5. The Balaban J connectivity index is 1.31. The summed E-state index contributed by atoms with van der Waals surface area (Å²) in [5.41, 5.74) is 2.35. The Morgan fingerprint density at radius 3 is 2.50 bits per heavy atom. The molecule has 5 rings (SSSR count). The van der Waals surface area contributed by atoms with Crippen LogP contribution >= 0.6 is 0 Å². The number of carbonyl (C=O) groups excluding carboxylic acids is 2. The number of aliphatic hydroxyl groups is 1. The number of nitrogens with zero attached hydrogens (tertiary/aromatic N) is 4. The van der Waals surface area contributed by atoms with E-state index in [2.05, 4.69) is 10.4 Å². The van der Waals surface area contributed by atoms with Gasteiger partial charge in [-0.15, -0.1) is 0 Å². The Hall–Kier alpha value is -3.27. The smallest absolute Gasteiger partial charge is 0.272 e. The summed E-state index contributed by atoms with van der Waals surface area (Å²) < 4.78 is 30.9. The third-order valence-corrected chi connectivity index (χ3v) is 10.6. The molecule has 2 N–H and O–H groups in total. The van der Waals surface area contributed by atoms with E-state index in [-0.39, 0.29) is 50.1 Å². The number of carbonyl (C=O) groups is 2. The average molecular weight is 514 g/mol. The quantitative estimate of drug-likeness (QED) is 0.497. The van der Waals surface area contributed by atoms with Gasteiger partial charge in [-0.05, 0) is 37.0 Å². The number of ether oxygens (including phenoxy) is 1. The van der Waals surface area contributed by atoms with Gasteiger partial charge in [-0.25, -0.2) is 8.42 Å². The molecule has 1 aromatic heterocycles. The molecule has 2 aromatic rings. The van der Waals surface area contributed by atoms with E-state index in [1.807, 2.05) is 6.07 Å². The summed E-state index contributed by atoms with van der Waals surface area (Å²) in [4.78, 5) is 27.8. The molecule has 1 saturated carbocycles. The molecule has 1 aromatic carbocycles. The minimum absolute atomic E-state index is 0.0334. The molecule has 1 aliphatic carbocycles. The van der Waals surface area contributed by atoms with Crippen molar-refractivity contribution in [2.45, 2.75) is 35.3 Å². The van der Waals surface area contributed by atoms with Crippen LogP contribution in [-0.4, -0.2) is 82.4 Å². The lowest BCUT2D eigenvalue weighted by Gasteiger charge is -2.42. The van der Waals surface area contributed by atoms with Crippen molar-refractivity contribution in [1.29, 1.82) is 5.26 Å². The highest BCUT2D eigenvalue weighted by Gasteiger charge is 2.66. The number of aryl methyl sites for hydroxylation is 1. The van der Waals surface area contributed by atoms with E-state index >= 15 is 0 Å². The number of aliphatic hydroxyl groups excluding tert-OH is 1. The molecule has 3 aliphatic rings. The zero-order chi connectivity index (χ0) is 25.7. The summed E-state index contributed by atoms with van der Waals surface area (Å²) >= 11 is 0. The van der Waals surface area contributed by atoms with Crippen molar-refractivity contribution in [3.63, 3.8) is 0 Å². The molecule has 0 spiro atoms. The standard InChI is InChI=1S/C24H27N5O6S/c1-28-20-18(19(27-28)21(31)26-11-17-4-2-16(10-25)3-5-17)6-9-29(22(20)32)12-23(7-8-23)36(33,34)24(13-30)14-35-15-24/h2-5,30H,6-9,11-15H2,1H3,(H,26,31). The lowest BCUT2D eigenvalue weighted by atomic mass is 10.0. The van der Waals surface area contributed by atoms with Gasteiger partial charge in [0.05, 0.1) is 36.2 Å². The minimum Gasteiger partial charge on any atom is -0.395 e. The van der Waals surface area contributed by atoms with Crippen LogP contribution in [0.5, 0.6) is 0 Å². The van der Waals surface area contributed by atoms with Crippen molar-refractivity contribution in [1.82, 2.24) is 20.0 Å². The number of fused-ring (bicyclic) bond motifs is 1. The summed E-state index contributed by atoms with van der Waals surface area (Å²) in [6.07, 6.45) is 1.24. The topological polar surface area (TPSA) is 155 Å². The molecule has 0 atom stereocenters. The van der Waals surface area contributed by atoms with E-state index in [1.165, 1.54) is 9.58 Å². The average Bonchev–Trinajstić information content (AvgIpc) is 3.55. The number of nitriles is 1. The minimum atomic E-state index is -3.73. The fraction of sp³-hybridized carbons (Fsp3) is 0.500. The normalized spacial score (nSPS) is 19.7. The van der Waals surface area contributed by atoms with Crippen LogP contribution in [-0.2, 0) is 34.6 Å². The first-order valence-corrected chi connectivity index (χ1v) is 13.2. The van der Waals surface area contributed by atoms with Crippen molar-refractivity contribution in [2.24, 2.45) is 7.05 Å². The van der Waals surface area contributed by atoms with Gasteiger partial charge < -0.3 is 20.1 Å². The molecule has 11 nitrogen and oxygen atoms in total. The Morgan fingerprint density at radius 1 is 1.25 bits per heavy atom. The van der Waals surface area contributed by atoms with E-state index in [1.54, 1.807) is 31.3 Å². The first-order valence-electron chi connectivity index (χ1n) is 11.7. The first kappa shape index (κ1) is 24.4. The maximum Gasteiger partial charge on any atom is 0.272 e. The summed E-state index contributed by atoms with van der Waals surface area (Å²) in [5, 5.41) is 25.8. The van der Waals surface area contributed by atoms with Crippen LogP contribution in [0.15, 0.2) is 24.3 Å². The van der Waals surface area contributed by atoms with E-state index < -0.39 is 31.8 Å². The zero-order valence-electron chi connectivity index (χ0n) is 19.9. The molecule has 0 bridgehead atoms. The lowest BCUT2D eigenvalue weighted by Crippen LogP contribution is -2.63. The van der Waals surface area contributed by atoms with Gasteiger partial charge in [0, 0.05) is 32.2 Å². The van der Waals surface area contributed by atoms with Crippen molar-refractivity contribution < 1.29 is 27.9 Å². The number of sulfone groups is 1. The van der Waals surface area contributed by atoms with Gasteiger partial charge in [0.25, 0.3) is 11.8 Å². The second kappa shape index (κ2) is 8.69. The van der Waals surface area contributed by atoms with Gasteiger partial charge >= 0.3 is 0 Å². The third-order valence-electron chi connectivity index (χ3n) is 7.46. The van der Waals surface area contributed by atoms with Crippen LogP contribution in [0.2, 0.25) is 0 Å². The molecule has 12 heteroatoms. The monoisotopic (exact) mass is 513 g/mol. The number of hydrogen-bond acceptors (Lipinski definition) is 8. The number of aromatic nitrogens is 2. The summed E-state index contributed by atoms with van der Waals surface area (Å²) in [6, 6.07) is 8.90. The van der Waals surface area contributed by atoms with E-state index in [9.17, 15) is 23.1 Å². The van der Waals surface area contributed by atoms with Crippen LogP contribution in [0.25, 0.3) is 0 Å². The largest absolute Gasteiger partial charge is 0.395 e. The molecular formula is C24H27N5O6S. The van der Waals surface area contributed by atoms with Crippen LogP contribution in [0.1, 0.15) is 50.5 Å². The van der Waals surface area contributed by atoms with Crippen molar-refractivity contribution in [2.75, 3.05) is 32.9 Å². The van der Waals surface area contributed by atoms with E-state index in [4.69, 9.17) is 10.00 Å². The van der Waals surface area contributed by atoms with Crippen molar-refractivity contribution in [3.8, 4) is 6.07 Å². The van der Waals surface area contributed by atoms with Gasteiger partial charge in [-0.2, -0.15) is 10.4 Å². The van der Waals surface area contributed by atoms with E-state index in [0.29, 0.717) is 30.4 Å². The predicted octanol–water partition coefficient (Wildman–Crippen LogP) is -0.0712. The maximum absolute atomic E-state index is 13.4. The van der Waals surface area contributed by atoms with Gasteiger partial charge in [0.15, 0.2) is 15.5 Å². The number of benzene rings is 1. The maximum atomic E-state index is 13.4. The molecule has 0 radical (unpaired) electrons. The van der Waals surface area contributed by atoms with E-state index in [0.717, 1.165) is 5.56 Å². The highest BCUT2D eigenvalue weighted by atomic mass is 32.2. The summed E-state index contributed by atoms with van der Waals surface area (Å²) in [7, 11) is -2.14. The number of hydrogen-bond donors (Lipinski definition) is 2. The summed E-state index contributed by atoms with van der Waals surface area (Å²) in [6.45, 7) is -0.0126. The molecule has 0 unspecified atom stereocenters. The molecule has 2 aliphatic heterocycles. The van der Waals surface area contributed by atoms with Crippen LogP contribution < -0.4 is 5.32 Å². The Labute approximate surface area is 208 Å². The summed E-state index contributed by atoms with van der Waals surface area (Å²) in [5.74, 6) is -0.768. The molecule has 2 amide bonds. The molecule has 2 fully saturated rings. The highest BCUT2D eigenvalue weighted by Crippen LogP contribution is 2.51. The van der Waals surface area contributed by atoms with Gasteiger partial charge in [0.2, 0.25) is 0 Å². The third kappa shape index (κ3) is 3.70. The van der Waals surface area contributed by atoms with Gasteiger partial charge in [-0.1, -0.05) is 12.1 Å². The second-order valence-electron chi connectivity index (χ2n) is 9.79. The zero-order valence-corrected chi connectivity index (χ0v) is 20.7. The Kier molecular flexibility index (Phi) is 5.89. The van der Waals surface area contributed by atoms with Gasteiger partial charge in [0.1, 0.15) is 10.4 Å². The number of nitrogens with one attached hydrogen (secondary N) is 1. The van der Waals surface area contributed by atoms with Crippen LogP contribution in [0, 0.1) is 11.3 Å². The van der Waals surface area contributed by atoms with Crippen molar-refractivity contribution in [3.05, 3.63) is 52.3 Å². The fourth-order valence-corrected chi connectivity index (χ4v) is 7.52. The predicted molar refractivity (Wildman–Crippen MR) is 127 cm³/mol. The molecular weight excluding hydrogens is 486 g/mol. The Bertz CT molecular complexity index is 1360. The van der Waals surface area contributed by atoms with Crippen molar-refractivity contribution >= 4 is 21.7 Å². The van der Waals surface area contributed by atoms with Crippen LogP contribution in [0.3, 0.4) is 0 Å². The van der Waals surface area contributed by atoms with Crippen LogP contribution in [0.4, 0.5) is 0 Å². The molecule has 190 valence electrons. The first-order chi connectivity index (χ1) is 17.2. The number of amides is 2. The molecule has 36 heavy (non-hydrogen) atoms. The highest BCUT2D eigenvalue weighted by molar-refractivity contribution is 7.94. The number of rotatable bonds is 8. The fourth-order valence-electron chi connectivity index (χ4n) is 4.99. The molecule has 3 heterocycles. The lowest BCUT2D eigenvalue weighted by molar-refractivity contribution is -0.0374.